The maximum atomic E-state index is 12.6. The minimum absolute atomic E-state index is 0.0710. The number of nitriles is 2. The summed E-state index contributed by atoms with van der Waals surface area (Å²) in [6.07, 6.45) is 5.71. The van der Waals surface area contributed by atoms with Gasteiger partial charge in [-0.05, 0) is 12.8 Å². The predicted octanol–water partition coefficient (Wildman–Crippen LogP) is 2.00. The van der Waals surface area contributed by atoms with Gasteiger partial charge in [-0.1, -0.05) is 12.8 Å². The Morgan fingerprint density at radius 1 is 1.18 bits per heavy atom. The summed E-state index contributed by atoms with van der Waals surface area (Å²) in [6.45, 7) is 2.29. The SMILES string of the molecule is N#CCCN(CCC#N)C(=O)CN1CCS[C@H]2CCCC[C@H]21. The van der Waals surface area contributed by atoms with Crippen LogP contribution in [0.4, 0.5) is 0 Å². The van der Waals surface area contributed by atoms with Crippen molar-refractivity contribution in [2.45, 2.75) is 49.8 Å². The lowest BCUT2D eigenvalue weighted by Gasteiger charge is -2.43. The van der Waals surface area contributed by atoms with Gasteiger partial charge in [0.1, 0.15) is 0 Å². The van der Waals surface area contributed by atoms with Gasteiger partial charge in [0.2, 0.25) is 5.91 Å². The largest absolute Gasteiger partial charge is 0.340 e. The topological polar surface area (TPSA) is 71.1 Å². The molecule has 1 aliphatic heterocycles. The molecule has 1 amide bonds. The quantitative estimate of drug-likeness (QED) is 0.748. The van der Waals surface area contributed by atoms with E-state index >= 15 is 0 Å². The third-order valence-corrected chi connectivity index (χ3v) is 5.92. The molecular formula is C16H24N4OS. The number of hydrogen-bond acceptors (Lipinski definition) is 5. The van der Waals surface area contributed by atoms with E-state index in [0.29, 0.717) is 43.8 Å². The number of carbonyl (C=O) groups excluding carboxylic acids is 1. The van der Waals surface area contributed by atoms with Crippen LogP contribution in [0.15, 0.2) is 0 Å². The van der Waals surface area contributed by atoms with Crippen LogP contribution in [0.25, 0.3) is 0 Å². The first kappa shape index (κ1) is 17.1. The average molecular weight is 320 g/mol. The van der Waals surface area contributed by atoms with E-state index in [1.807, 2.05) is 0 Å². The molecule has 2 rings (SSSR count). The van der Waals surface area contributed by atoms with E-state index in [0.717, 1.165) is 12.3 Å². The molecule has 0 unspecified atom stereocenters. The van der Waals surface area contributed by atoms with Gasteiger partial charge >= 0.3 is 0 Å². The van der Waals surface area contributed by atoms with Gasteiger partial charge in [0.15, 0.2) is 0 Å². The number of carbonyl (C=O) groups is 1. The van der Waals surface area contributed by atoms with Gasteiger partial charge in [-0.2, -0.15) is 22.3 Å². The lowest BCUT2D eigenvalue weighted by molar-refractivity contribution is -0.133. The Labute approximate surface area is 137 Å². The fourth-order valence-corrected chi connectivity index (χ4v) is 4.88. The Kier molecular flexibility index (Phi) is 7.02. The Hall–Kier alpha value is -1.24. The van der Waals surface area contributed by atoms with Gasteiger partial charge < -0.3 is 4.90 Å². The highest BCUT2D eigenvalue weighted by molar-refractivity contribution is 8.00. The van der Waals surface area contributed by atoms with E-state index in [4.69, 9.17) is 10.5 Å². The molecule has 0 aromatic rings. The minimum Gasteiger partial charge on any atom is -0.340 e. The molecule has 5 nitrogen and oxygen atoms in total. The fraction of sp³-hybridized carbons (Fsp3) is 0.812. The molecule has 6 heteroatoms. The molecule has 0 bridgehead atoms. The Balaban J connectivity index is 1.92. The van der Waals surface area contributed by atoms with Gasteiger partial charge in [0.25, 0.3) is 0 Å². The van der Waals surface area contributed by atoms with Crippen molar-refractivity contribution >= 4 is 17.7 Å². The van der Waals surface area contributed by atoms with Crippen LogP contribution >= 0.6 is 11.8 Å². The smallest absolute Gasteiger partial charge is 0.236 e. The van der Waals surface area contributed by atoms with Crippen molar-refractivity contribution in [3.8, 4) is 12.1 Å². The molecule has 1 saturated heterocycles. The van der Waals surface area contributed by atoms with Gasteiger partial charge in [0, 0.05) is 36.7 Å². The normalized spacial score (nSPS) is 24.8. The highest BCUT2D eigenvalue weighted by Crippen LogP contribution is 2.35. The number of thioether (sulfide) groups is 1. The highest BCUT2D eigenvalue weighted by Gasteiger charge is 2.35. The lowest BCUT2D eigenvalue weighted by atomic mass is 9.93. The molecule has 0 aromatic heterocycles. The first-order valence-electron chi connectivity index (χ1n) is 8.13. The van der Waals surface area contributed by atoms with Gasteiger partial charge in [-0.25, -0.2) is 0 Å². The number of nitrogens with zero attached hydrogens (tertiary/aromatic N) is 4. The maximum Gasteiger partial charge on any atom is 0.236 e. The second-order valence-electron chi connectivity index (χ2n) is 5.93. The Bertz CT molecular complexity index is 436. The predicted molar refractivity (Wildman–Crippen MR) is 87.1 cm³/mol. The van der Waals surface area contributed by atoms with Crippen LogP contribution < -0.4 is 0 Å². The third kappa shape index (κ3) is 4.63. The number of fused-ring (bicyclic) bond motifs is 1. The molecule has 0 radical (unpaired) electrons. The fourth-order valence-electron chi connectivity index (χ4n) is 3.38. The number of rotatable bonds is 6. The summed E-state index contributed by atoms with van der Waals surface area (Å²) in [5, 5.41) is 18.1. The summed E-state index contributed by atoms with van der Waals surface area (Å²) in [6, 6.07) is 4.70. The lowest BCUT2D eigenvalue weighted by Crippen LogP contribution is -2.52. The second kappa shape index (κ2) is 9.02. The van der Waals surface area contributed by atoms with Crippen LogP contribution in [0.1, 0.15) is 38.5 Å². The second-order valence-corrected chi connectivity index (χ2v) is 7.28. The molecule has 0 aromatic carbocycles. The molecular weight excluding hydrogens is 296 g/mol. The summed E-state index contributed by atoms with van der Waals surface area (Å²) in [7, 11) is 0. The van der Waals surface area contributed by atoms with Gasteiger partial charge in [0.05, 0.1) is 31.5 Å². The maximum absolute atomic E-state index is 12.6. The van der Waals surface area contributed by atoms with E-state index < -0.39 is 0 Å². The number of hydrogen-bond donors (Lipinski definition) is 0. The first-order valence-corrected chi connectivity index (χ1v) is 9.18. The molecule has 0 N–H and O–H groups in total. The van der Waals surface area contributed by atoms with Crippen LogP contribution in [0.2, 0.25) is 0 Å². The van der Waals surface area contributed by atoms with E-state index in [2.05, 4.69) is 28.8 Å². The Morgan fingerprint density at radius 2 is 1.86 bits per heavy atom. The monoisotopic (exact) mass is 320 g/mol. The third-order valence-electron chi connectivity index (χ3n) is 4.53. The van der Waals surface area contributed by atoms with Crippen LogP contribution in [0, 0.1) is 22.7 Å². The van der Waals surface area contributed by atoms with Gasteiger partial charge in [-0.3, -0.25) is 9.69 Å². The first-order chi connectivity index (χ1) is 10.8. The summed E-state index contributed by atoms with van der Waals surface area (Å²) in [5.41, 5.74) is 0. The summed E-state index contributed by atoms with van der Waals surface area (Å²) >= 11 is 2.06. The zero-order valence-corrected chi connectivity index (χ0v) is 13.9. The van der Waals surface area contributed by atoms with Crippen molar-refractivity contribution in [1.29, 1.82) is 10.5 Å². The standard InChI is InChI=1S/C16H24N4OS/c17-7-3-9-19(10-4-8-18)16(21)13-20-11-12-22-15-6-2-1-5-14(15)20/h14-15H,1-6,9-13H2/t14-,15+/m1/s1. The van der Waals surface area contributed by atoms with Crippen molar-refractivity contribution in [1.82, 2.24) is 9.80 Å². The van der Waals surface area contributed by atoms with E-state index in [1.165, 1.54) is 25.7 Å². The summed E-state index contributed by atoms with van der Waals surface area (Å²) < 4.78 is 0. The van der Waals surface area contributed by atoms with Crippen molar-refractivity contribution in [2.75, 3.05) is 31.9 Å². The van der Waals surface area contributed by atoms with E-state index in [1.54, 1.807) is 4.90 Å². The van der Waals surface area contributed by atoms with Gasteiger partial charge in [-0.15, -0.1) is 0 Å². The molecule has 2 atom stereocenters. The van der Waals surface area contributed by atoms with Crippen LogP contribution in [0.5, 0.6) is 0 Å². The van der Waals surface area contributed by atoms with E-state index in [-0.39, 0.29) is 5.91 Å². The van der Waals surface area contributed by atoms with Crippen LogP contribution in [0.3, 0.4) is 0 Å². The summed E-state index contributed by atoms with van der Waals surface area (Å²) in [4.78, 5) is 16.6. The average Bonchev–Trinajstić information content (AvgIpc) is 2.55. The zero-order chi connectivity index (χ0) is 15.8. The molecule has 1 heterocycles. The molecule has 2 aliphatic rings. The van der Waals surface area contributed by atoms with Crippen molar-refractivity contribution < 1.29 is 4.79 Å². The van der Waals surface area contributed by atoms with Crippen molar-refractivity contribution in [3.63, 3.8) is 0 Å². The van der Waals surface area contributed by atoms with Crippen molar-refractivity contribution in [3.05, 3.63) is 0 Å². The molecule has 0 spiro atoms. The highest BCUT2D eigenvalue weighted by atomic mass is 32.2. The molecule has 22 heavy (non-hydrogen) atoms. The molecule has 120 valence electrons. The number of amides is 1. The van der Waals surface area contributed by atoms with Crippen LogP contribution in [-0.4, -0.2) is 58.9 Å². The van der Waals surface area contributed by atoms with Crippen molar-refractivity contribution in [2.24, 2.45) is 0 Å². The summed E-state index contributed by atoms with van der Waals surface area (Å²) in [5.74, 6) is 1.17. The van der Waals surface area contributed by atoms with E-state index in [9.17, 15) is 4.79 Å². The van der Waals surface area contributed by atoms with Crippen LogP contribution in [-0.2, 0) is 4.79 Å². The molecule has 2 fully saturated rings. The molecule has 1 saturated carbocycles. The minimum atomic E-state index is 0.0710. The zero-order valence-electron chi connectivity index (χ0n) is 13.0. The Morgan fingerprint density at radius 3 is 2.55 bits per heavy atom. The molecule has 1 aliphatic carbocycles.